The minimum Gasteiger partial charge on any atom is -0.365 e. The Hall–Kier alpha value is -3.52. The van der Waals surface area contributed by atoms with Gasteiger partial charge in [-0.15, -0.1) is 5.10 Å². The summed E-state index contributed by atoms with van der Waals surface area (Å²) >= 11 is 0. The van der Waals surface area contributed by atoms with Crippen molar-refractivity contribution in [3.05, 3.63) is 83.2 Å². The van der Waals surface area contributed by atoms with E-state index in [1.54, 1.807) is 9.58 Å². The molecule has 0 N–H and O–H groups in total. The maximum Gasteiger partial charge on any atom is 0.276 e. The highest BCUT2D eigenvalue weighted by Gasteiger charge is 2.53. The molecule has 2 amide bonds. The second kappa shape index (κ2) is 8.36. The summed E-state index contributed by atoms with van der Waals surface area (Å²) in [5, 5.41) is 8.45. The van der Waals surface area contributed by atoms with E-state index in [0.717, 1.165) is 29.7 Å². The molecule has 2 aromatic carbocycles. The number of piperazine rings is 1. The summed E-state index contributed by atoms with van der Waals surface area (Å²) in [6.07, 6.45) is 1.68. The van der Waals surface area contributed by atoms with E-state index in [2.05, 4.69) is 10.3 Å². The number of carbonyl (C=O) groups excluding carboxylic acids is 2. The minimum atomic E-state index is -0.368. The topological polar surface area (TPSA) is 80.6 Å². The molecule has 1 saturated heterocycles. The highest BCUT2D eigenvalue weighted by atomic mass is 16.5. The highest BCUT2D eigenvalue weighted by molar-refractivity contribution is 5.94. The van der Waals surface area contributed by atoms with Crippen molar-refractivity contribution >= 4 is 11.8 Å². The van der Waals surface area contributed by atoms with Crippen LogP contribution in [0.1, 0.15) is 46.3 Å². The van der Waals surface area contributed by atoms with Crippen LogP contribution in [0.15, 0.2) is 60.7 Å². The van der Waals surface area contributed by atoms with E-state index in [4.69, 9.17) is 4.74 Å². The maximum atomic E-state index is 13.3. The molecule has 1 aliphatic carbocycles. The van der Waals surface area contributed by atoms with E-state index >= 15 is 0 Å². The number of nitrogens with zero attached hydrogens (tertiary/aromatic N) is 5. The summed E-state index contributed by atoms with van der Waals surface area (Å²) < 4.78 is 7.82. The molecule has 174 valence electrons. The van der Waals surface area contributed by atoms with Crippen LogP contribution in [0.3, 0.4) is 0 Å². The Balaban J connectivity index is 1.10. The Bertz CT molecular complexity index is 1200. The number of carbonyl (C=O) groups is 2. The van der Waals surface area contributed by atoms with E-state index in [-0.39, 0.29) is 23.3 Å². The number of ether oxygens (including phenoxy) is 1. The van der Waals surface area contributed by atoms with Gasteiger partial charge < -0.3 is 14.5 Å². The molecule has 8 nitrogen and oxygen atoms in total. The second-order valence-electron chi connectivity index (χ2n) is 9.31. The normalized spacial score (nSPS) is 21.1. The molecule has 2 aliphatic heterocycles. The number of fused-ring (bicyclic) bond motifs is 1. The second-order valence-corrected chi connectivity index (χ2v) is 9.31. The van der Waals surface area contributed by atoms with Crippen LogP contribution in [-0.2, 0) is 28.1 Å². The third kappa shape index (κ3) is 3.58. The summed E-state index contributed by atoms with van der Waals surface area (Å²) in [4.78, 5) is 30.2. The van der Waals surface area contributed by atoms with Crippen LogP contribution in [0.5, 0.6) is 0 Å². The molecule has 34 heavy (non-hydrogen) atoms. The van der Waals surface area contributed by atoms with Crippen LogP contribution in [-0.4, -0.2) is 62.8 Å². The number of hydrogen-bond donors (Lipinski definition) is 0. The Labute approximate surface area is 198 Å². The van der Waals surface area contributed by atoms with Gasteiger partial charge in [0.1, 0.15) is 6.10 Å². The number of hydrogen-bond acceptors (Lipinski definition) is 5. The summed E-state index contributed by atoms with van der Waals surface area (Å²) in [6.45, 7) is 2.89. The summed E-state index contributed by atoms with van der Waals surface area (Å²) in [6, 6.07) is 20.1. The predicted octanol–water partition coefficient (Wildman–Crippen LogP) is 2.57. The molecule has 2 fully saturated rings. The zero-order chi connectivity index (χ0) is 23.1. The van der Waals surface area contributed by atoms with Crippen LogP contribution in [0, 0.1) is 0 Å². The van der Waals surface area contributed by atoms with Gasteiger partial charge in [0, 0.05) is 26.2 Å². The van der Waals surface area contributed by atoms with Gasteiger partial charge in [0.05, 0.1) is 24.3 Å². The van der Waals surface area contributed by atoms with Crippen LogP contribution in [0.4, 0.5) is 0 Å². The van der Waals surface area contributed by atoms with Crippen LogP contribution in [0.25, 0.3) is 0 Å². The molecule has 3 aliphatic rings. The first-order chi connectivity index (χ1) is 16.7. The molecule has 0 unspecified atom stereocenters. The molecule has 8 heteroatoms. The van der Waals surface area contributed by atoms with Crippen molar-refractivity contribution in [1.82, 2.24) is 24.8 Å². The molecule has 6 rings (SSSR count). The van der Waals surface area contributed by atoms with Gasteiger partial charge in [-0.2, -0.15) is 0 Å². The quantitative estimate of drug-likeness (QED) is 0.602. The van der Waals surface area contributed by atoms with Gasteiger partial charge in [0.25, 0.3) is 5.91 Å². The van der Waals surface area contributed by atoms with Gasteiger partial charge in [0.15, 0.2) is 5.69 Å². The van der Waals surface area contributed by atoms with E-state index in [1.165, 1.54) is 0 Å². The largest absolute Gasteiger partial charge is 0.365 e. The molecule has 3 aromatic rings. The summed E-state index contributed by atoms with van der Waals surface area (Å²) in [5.41, 5.74) is 2.89. The summed E-state index contributed by atoms with van der Waals surface area (Å²) in [7, 11) is 0. The Morgan fingerprint density at radius 1 is 0.882 bits per heavy atom. The fourth-order valence-corrected chi connectivity index (χ4v) is 5.12. The zero-order valence-electron chi connectivity index (χ0n) is 19.0. The number of rotatable bonds is 4. The molecule has 1 atom stereocenters. The molecule has 0 spiro atoms. The van der Waals surface area contributed by atoms with Crippen LogP contribution >= 0.6 is 0 Å². The lowest BCUT2D eigenvalue weighted by atomic mass is 9.94. The first-order valence-electron chi connectivity index (χ1n) is 11.9. The summed E-state index contributed by atoms with van der Waals surface area (Å²) in [5.74, 6) is 0.0477. The zero-order valence-corrected chi connectivity index (χ0v) is 19.0. The SMILES string of the molecule is O=C(c1nnn2c1CO[C@H](c1ccccc1)C2)N1CCN(C(=O)C2(c3ccccc3)CC2)CC1. The third-order valence-corrected chi connectivity index (χ3v) is 7.31. The molecule has 0 bridgehead atoms. The molecule has 1 saturated carbocycles. The molecular formula is C26H27N5O3. The first-order valence-corrected chi connectivity index (χ1v) is 11.9. The Kier molecular flexibility index (Phi) is 5.17. The van der Waals surface area contributed by atoms with Gasteiger partial charge in [-0.25, -0.2) is 4.68 Å². The number of aromatic nitrogens is 3. The van der Waals surface area contributed by atoms with Crippen LogP contribution < -0.4 is 0 Å². The van der Waals surface area contributed by atoms with Crippen molar-refractivity contribution in [1.29, 1.82) is 0 Å². The fraction of sp³-hybridized carbons (Fsp3) is 0.385. The monoisotopic (exact) mass is 457 g/mol. The van der Waals surface area contributed by atoms with Crippen molar-refractivity contribution in [2.75, 3.05) is 26.2 Å². The standard InChI is InChI=1S/C26H27N5O3/c32-24(23-21-18-34-22(17-31(21)28-27-23)19-7-3-1-4-8-19)29-13-15-30(16-14-29)25(33)26(11-12-26)20-9-5-2-6-10-20/h1-10,22H,11-18H2/t22-/m0/s1. The molecular weight excluding hydrogens is 430 g/mol. The fourth-order valence-electron chi connectivity index (χ4n) is 5.12. The Morgan fingerprint density at radius 2 is 1.53 bits per heavy atom. The lowest BCUT2D eigenvalue weighted by Crippen LogP contribution is -2.53. The lowest BCUT2D eigenvalue weighted by Gasteiger charge is -2.36. The van der Waals surface area contributed by atoms with E-state index in [1.807, 2.05) is 65.6 Å². The van der Waals surface area contributed by atoms with E-state index < -0.39 is 0 Å². The van der Waals surface area contributed by atoms with E-state index in [9.17, 15) is 9.59 Å². The lowest BCUT2D eigenvalue weighted by molar-refractivity contribution is -0.135. The average Bonchev–Trinajstić information content (AvgIpc) is 3.62. The predicted molar refractivity (Wildman–Crippen MR) is 124 cm³/mol. The molecule has 1 aromatic heterocycles. The maximum absolute atomic E-state index is 13.3. The van der Waals surface area contributed by atoms with Crippen molar-refractivity contribution in [2.24, 2.45) is 0 Å². The van der Waals surface area contributed by atoms with Gasteiger partial charge in [-0.3, -0.25) is 9.59 Å². The van der Waals surface area contributed by atoms with Crippen LogP contribution in [0.2, 0.25) is 0 Å². The van der Waals surface area contributed by atoms with Crippen molar-refractivity contribution in [3.63, 3.8) is 0 Å². The minimum absolute atomic E-state index is 0.104. The Morgan fingerprint density at radius 3 is 2.21 bits per heavy atom. The average molecular weight is 458 g/mol. The molecule has 0 radical (unpaired) electrons. The number of benzene rings is 2. The number of amides is 2. The van der Waals surface area contributed by atoms with Gasteiger partial charge in [-0.1, -0.05) is 65.9 Å². The van der Waals surface area contributed by atoms with Gasteiger partial charge >= 0.3 is 0 Å². The van der Waals surface area contributed by atoms with E-state index in [0.29, 0.717) is 45.0 Å². The highest BCUT2D eigenvalue weighted by Crippen LogP contribution is 2.49. The van der Waals surface area contributed by atoms with Gasteiger partial charge in [0.2, 0.25) is 5.91 Å². The smallest absolute Gasteiger partial charge is 0.276 e. The first kappa shape index (κ1) is 21.0. The molecule has 3 heterocycles. The van der Waals surface area contributed by atoms with Crippen molar-refractivity contribution in [3.8, 4) is 0 Å². The van der Waals surface area contributed by atoms with Crippen molar-refractivity contribution in [2.45, 2.75) is 37.5 Å². The third-order valence-electron chi connectivity index (χ3n) is 7.31. The van der Waals surface area contributed by atoms with Gasteiger partial charge in [-0.05, 0) is 24.0 Å². The van der Waals surface area contributed by atoms with Crippen molar-refractivity contribution < 1.29 is 14.3 Å².